The van der Waals surface area contributed by atoms with Crippen molar-refractivity contribution >= 4 is 39.2 Å². The summed E-state index contributed by atoms with van der Waals surface area (Å²) in [5, 5.41) is 5.31. The number of anilines is 2. The Kier molecular flexibility index (Phi) is 6.30. The monoisotopic (exact) mass is 488 g/mol. The minimum atomic E-state index is -4.13. The van der Waals surface area contributed by atoms with Crippen LogP contribution in [0.4, 0.5) is 20.6 Å². The van der Waals surface area contributed by atoms with Gasteiger partial charge < -0.3 is 10.6 Å². The van der Waals surface area contributed by atoms with Gasteiger partial charge in [0.15, 0.2) is 0 Å². The lowest BCUT2D eigenvalue weighted by molar-refractivity contribution is -0.136. The molecule has 1 aliphatic carbocycles. The number of hydrogen-bond donors (Lipinski definition) is 3. The van der Waals surface area contributed by atoms with E-state index in [1.165, 1.54) is 42.5 Å². The van der Waals surface area contributed by atoms with Gasteiger partial charge in [-0.15, -0.1) is 0 Å². The van der Waals surface area contributed by atoms with Crippen molar-refractivity contribution in [3.63, 3.8) is 0 Å². The molecule has 2 fully saturated rings. The summed E-state index contributed by atoms with van der Waals surface area (Å²) in [5.41, 5.74) is -1.03. The van der Waals surface area contributed by atoms with Crippen molar-refractivity contribution in [2.45, 2.75) is 43.0 Å². The van der Waals surface area contributed by atoms with E-state index in [4.69, 9.17) is 0 Å². The van der Waals surface area contributed by atoms with Crippen LogP contribution in [0.25, 0.3) is 0 Å². The quantitative estimate of drug-likeness (QED) is 0.539. The minimum absolute atomic E-state index is 0.0328. The first kappa shape index (κ1) is 23.7. The Morgan fingerprint density at radius 3 is 2.68 bits per heavy atom. The maximum absolute atomic E-state index is 13.9. The van der Waals surface area contributed by atoms with Gasteiger partial charge in [-0.25, -0.2) is 17.6 Å². The van der Waals surface area contributed by atoms with Crippen LogP contribution in [0.3, 0.4) is 0 Å². The third-order valence-electron chi connectivity index (χ3n) is 6.35. The summed E-state index contributed by atoms with van der Waals surface area (Å²) in [6.45, 7) is 1.42. The fraction of sp³-hybridized carbons (Fsp3) is 0.348. The van der Waals surface area contributed by atoms with Gasteiger partial charge in [-0.1, -0.05) is 38.0 Å². The number of nitrogens with one attached hydrogen (secondary N) is 3. The average Bonchev–Trinajstić information content (AvgIpc) is 3.02. The number of amides is 4. The number of halogens is 1. The first-order valence-electron chi connectivity index (χ1n) is 10.9. The number of benzene rings is 2. The van der Waals surface area contributed by atoms with Crippen molar-refractivity contribution in [2.24, 2.45) is 5.92 Å². The van der Waals surface area contributed by atoms with Crippen molar-refractivity contribution in [1.82, 2.24) is 10.2 Å². The summed E-state index contributed by atoms with van der Waals surface area (Å²) < 4.78 is 41.3. The van der Waals surface area contributed by atoms with Gasteiger partial charge in [-0.3, -0.25) is 19.2 Å². The van der Waals surface area contributed by atoms with Gasteiger partial charge in [-0.2, -0.15) is 0 Å². The normalized spacial score (nSPS) is 22.5. The highest BCUT2D eigenvalue weighted by molar-refractivity contribution is 7.92. The van der Waals surface area contributed by atoms with E-state index in [1.54, 1.807) is 0 Å². The molecule has 4 amide bonds. The zero-order valence-electron chi connectivity index (χ0n) is 18.5. The fourth-order valence-electron chi connectivity index (χ4n) is 4.47. The maximum atomic E-state index is 13.9. The van der Waals surface area contributed by atoms with E-state index >= 15 is 0 Å². The van der Waals surface area contributed by atoms with Crippen molar-refractivity contribution in [3.8, 4) is 0 Å². The van der Waals surface area contributed by atoms with Crippen molar-refractivity contribution in [2.75, 3.05) is 16.6 Å². The number of imide groups is 1. The lowest BCUT2D eigenvalue weighted by atomic mass is 9.73. The molecule has 1 saturated heterocycles. The van der Waals surface area contributed by atoms with E-state index in [-0.39, 0.29) is 22.2 Å². The highest BCUT2D eigenvalue weighted by atomic mass is 32.2. The summed E-state index contributed by atoms with van der Waals surface area (Å²) in [4.78, 5) is 38.8. The molecular weight excluding hydrogens is 463 g/mol. The molecule has 0 radical (unpaired) electrons. The Labute approximate surface area is 196 Å². The molecular formula is C23H25FN4O5S. The van der Waals surface area contributed by atoms with Crippen LogP contribution in [-0.4, -0.2) is 43.2 Å². The smallest absolute Gasteiger partial charge is 0.324 e. The van der Waals surface area contributed by atoms with Gasteiger partial charge in [0.1, 0.15) is 17.9 Å². The van der Waals surface area contributed by atoms with Gasteiger partial charge in [-0.05, 0) is 49.1 Å². The second kappa shape index (κ2) is 9.05. The largest absolute Gasteiger partial charge is 0.325 e. The van der Waals surface area contributed by atoms with Gasteiger partial charge in [0.2, 0.25) is 5.91 Å². The SMILES string of the molecule is CC1CCCCC12NC(=O)N(CC(=O)Nc1cccc(S(=O)(=O)Nc3ccccc3F)c1)C2=O. The molecule has 4 rings (SSSR count). The molecule has 0 bridgehead atoms. The van der Waals surface area contributed by atoms with E-state index in [0.29, 0.717) is 6.42 Å². The Balaban J connectivity index is 1.45. The average molecular weight is 489 g/mol. The van der Waals surface area contributed by atoms with Crippen molar-refractivity contribution in [3.05, 3.63) is 54.3 Å². The molecule has 9 nitrogen and oxygen atoms in total. The Bertz CT molecular complexity index is 1250. The molecule has 34 heavy (non-hydrogen) atoms. The van der Waals surface area contributed by atoms with Crippen LogP contribution >= 0.6 is 0 Å². The molecule has 2 aromatic carbocycles. The lowest BCUT2D eigenvalue weighted by Gasteiger charge is -2.36. The standard InChI is InChI=1S/C23H25FN4O5S/c1-15-7-4-5-12-23(15)21(30)28(22(31)26-23)14-20(29)25-16-8-6-9-17(13-16)34(32,33)27-19-11-3-2-10-18(19)24/h2-3,6,8-11,13,15,27H,4-5,7,12,14H2,1H3,(H,25,29)(H,26,31). The van der Waals surface area contributed by atoms with Crippen molar-refractivity contribution < 1.29 is 27.2 Å². The number of carbonyl (C=O) groups excluding carboxylic acids is 3. The predicted molar refractivity (Wildman–Crippen MR) is 123 cm³/mol. The Morgan fingerprint density at radius 2 is 1.94 bits per heavy atom. The summed E-state index contributed by atoms with van der Waals surface area (Å²) >= 11 is 0. The van der Waals surface area contributed by atoms with Crippen LogP contribution in [0.1, 0.15) is 32.6 Å². The molecule has 2 aromatic rings. The third kappa shape index (κ3) is 4.47. The third-order valence-corrected chi connectivity index (χ3v) is 7.71. The molecule has 1 aliphatic heterocycles. The molecule has 2 atom stereocenters. The number of urea groups is 1. The van der Waals surface area contributed by atoms with E-state index < -0.39 is 45.8 Å². The van der Waals surface area contributed by atoms with E-state index in [9.17, 15) is 27.2 Å². The molecule has 1 spiro atoms. The van der Waals surface area contributed by atoms with Crippen LogP contribution in [-0.2, 0) is 19.6 Å². The zero-order chi connectivity index (χ0) is 24.5. The van der Waals surface area contributed by atoms with Crippen molar-refractivity contribution in [1.29, 1.82) is 0 Å². The highest BCUT2D eigenvalue weighted by Gasteiger charge is 2.55. The number of hydrogen-bond acceptors (Lipinski definition) is 5. The topological polar surface area (TPSA) is 125 Å². The fourth-order valence-corrected chi connectivity index (χ4v) is 5.58. The van der Waals surface area contributed by atoms with Crippen LogP contribution in [0.2, 0.25) is 0 Å². The summed E-state index contributed by atoms with van der Waals surface area (Å²) in [7, 11) is -4.13. The van der Waals surface area contributed by atoms with Crippen LogP contribution in [0.5, 0.6) is 0 Å². The summed E-state index contributed by atoms with van der Waals surface area (Å²) in [6.07, 6.45) is 3.15. The number of sulfonamides is 1. The first-order chi connectivity index (χ1) is 16.1. The second-order valence-electron chi connectivity index (χ2n) is 8.60. The first-order valence-corrected chi connectivity index (χ1v) is 12.4. The number of nitrogens with zero attached hydrogens (tertiary/aromatic N) is 1. The van der Waals surface area contributed by atoms with E-state index in [0.717, 1.165) is 30.2 Å². The lowest BCUT2D eigenvalue weighted by Crippen LogP contribution is -2.54. The number of rotatable bonds is 6. The molecule has 2 aliphatic rings. The Morgan fingerprint density at radius 1 is 1.18 bits per heavy atom. The molecule has 11 heteroatoms. The molecule has 180 valence electrons. The van der Waals surface area contributed by atoms with Crippen LogP contribution in [0, 0.1) is 11.7 Å². The predicted octanol–water partition coefficient (Wildman–Crippen LogP) is 3.07. The second-order valence-corrected chi connectivity index (χ2v) is 10.3. The van der Waals surface area contributed by atoms with E-state index in [1.807, 2.05) is 6.92 Å². The molecule has 2 unspecified atom stereocenters. The zero-order valence-corrected chi connectivity index (χ0v) is 19.3. The summed E-state index contributed by atoms with van der Waals surface area (Å²) in [5.74, 6) is -1.82. The number of carbonyl (C=O) groups is 3. The van der Waals surface area contributed by atoms with Crippen LogP contribution < -0.4 is 15.4 Å². The van der Waals surface area contributed by atoms with Gasteiger partial charge in [0.25, 0.3) is 15.9 Å². The summed E-state index contributed by atoms with van der Waals surface area (Å²) in [6, 6.07) is 10.1. The van der Waals surface area contributed by atoms with Gasteiger partial charge in [0.05, 0.1) is 10.6 Å². The van der Waals surface area contributed by atoms with E-state index in [2.05, 4.69) is 15.4 Å². The van der Waals surface area contributed by atoms with Gasteiger partial charge >= 0.3 is 6.03 Å². The van der Waals surface area contributed by atoms with Crippen LogP contribution in [0.15, 0.2) is 53.4 Å². The molecule has 0 aromatic heterocycles. The minimum Gasteiger partial charge on any atom is -0.324 e. The molecule has 3 N–H and O–H groups in total. The number of para-hydroxylation sites is 1. The molecule has 1 saturated carbocycles. The molecule has 1 heterocycles. The van der Waals surface area contributed by atoms with Gasteiger partial charge in [0, 0.05) is 5.69 Å². The Hall–Kier alpha value is -3.47. The highest BCUT2D eigenvalue weighted by Crippen LogP contribution is 2.38. The maximum Gasteiger partial charge on any atom is 0.325 e.